The normalized spacial score (nSPS) is 11.0. The molecular formula is C23H24N4O. The highest BCUT2D eigenvalue weighted by Gasteiger charge is 2.10. The summed E-state index contributed by atoms with van der Waals surface area (Å²) in [5, 5.41) is 7.94. The highest BCUT2D eigenvalue weighted by Crippen LogP contribution is 2.27. The van der Waals surface area contributed by atoms with E-state index in [1.807, 2.05) is 28.9 Å². The molecule has 4 rings (SSSR count). The lowest BCUT2D eigenvalue weighted by molar-refractivity contribution is 0.293. The molecule has 0 unspecified atom stereocenters. The molecule has 0 atom stereocenters. The van der Waals surface area contributed by atoms with Crippen LogP contribution in [0.5, 0.6) is 5.88 Å². The number of nitrogens with zero attached hydrogens (tertiary/aromatic N) is 3. The van der Waals surface area contributed by atoms with Crippen LogP contribution in [0.4, 0.5) is 0 Å². The molecule has 0 aliphatic carbocycles. The molecule has 0 fully saturated rings. The second kappa shape index (κ2) is 8.67. The van der Waals surface area contributed by atoms with Crippen LogP contribution < -0.4 is 10.1 Å². The standard InChI is InChI=1S/C23H24N4O/c1-2-24-14-7-15-28-23-13-12-22-25-17-21(27(22)26-23)20-11-6-10-19(16-20)18-8-4-3-5-9-18/h3-6,8-13,16-17,24H,2,7,14-15H2,1H3. The van der Waals surface area contributed by atoms with Gasteiger partial charge in [-0.25, -0.2) is 9.50 Å². The van der Waals surface area contributed by atoms with E-state index in [-0.39, 0.29) is 0 Å². The molecule has 4 aromatic rings. The van der Waals surface area contributed by atoms with Crippen LogP contribution in [0.3, 0.4) is 0 Å². The Hall–Kier alpha value is -3.18. The van der Waals surface area contributed by atoms with Crippen LogP contribution >= 0.6 is 0 Å². The molecule has 0 saturated heterocycles. The van der Waals surface area contributed by atoms with Gasteiger partial charge in [0.15, 0.2) is 5.65 Å². The molecule has 1 N–H and O–H groups in total. The molecule has 0 aliphatic rings. The van der Waals surface area contributed by atoms with Gasteiger partial charge in [0.2, 0.25) is 5.88 Å². The maximum atomic E-state index is 5.81. The van der Waals surface area contributed by atoms with E-state index in [0.717, 1.165) is 36.4 Å². The van der Waals surface area contributed by atoms with Crippen molar-refractivity contribution in [1.29, 1.82) is 0 Å². The third-order valence-corrected chi connectivity index (χ3v) is 4.60. The Morgan fingerprint density at radius 2 is 1.75 bits per heavy atom. The van der Waals surface area contributed by atoms with E-state index in [9.17, 15) is 0 Å². The minimum Gasteiger partial charge on any atom is -0.477 e. The van der Waals surface area contributed by atoms with E-state index >= 15 is 0 Å². The summed E-state index contributed by atoms with van der Waals surface area (Å²) in [7, 11) is 0. The summed E-state index contributed by atoms with van der Waals surface area (Å²) in [5.41, 5.74) is 5.19. The van der Waals surface area contributed by atoms with Gasteiger partial charge in [-0.05, 0) is 42.8 Å². The van der Waals surface area contributed by atoms with Crippen molar-refractivity contribution in [3.8, 4) is 28.3 Å². The molecule has 0 bridgehead atoms. The molecule has 5 nitrogen and oxygen atoms in total. The van der Waals surface area contributed by atoms with Crippen molar-refractivity contribution in [3.05, 3.63) is 72.9 Å². The highest BCUT2D eigenvalue weighted by atomic mass is 16.5. The number of nitrogens with one attached hydrogen (secondary N) is 1. The number of rotatable bonds is 8. The van der Waals surface area contributed by atoms with Gasteiger partial charge in [-0.3, -0.25) is 0 Å². The second-order valence-corrected chi connectivity index (χ2v) is 6.59. The summed E-state index contributed by atoms with van der Waals surface area (Å²) in [6, 6.07) is 22.6. The van der Waals surface area contributed by atoms with Gasteiger partial charge >= 0.3 is 0 Å². The van der Waals surface area contributed by atoms with Gasteiger partial charge < -0.3 is 10.1 Å². The van der Waals surface area contributed by atoms with Gasteiger partial charge in [0.05, 0.1) is 18.5 Å². The minimum atomic E-state index is 0.613. The highest BCUT2D eigenvalue weighted by molar-refractivity contribution is 5.72. The van der Waals surface area contributed by atoms with E-state index < -0.39 is 0 Å². The molecule has 0 aliphatic heterocycles. The fraction of sp³-hybridized carbons (Fsp3) is 0.217. The van der Waals surface area contributed by atoms with E-state index in [0.29, 0.717) is 12.5 Å². The lowest BCUT2D eigenvalue weighted by Crippen LogP contribution is -2.16. The number of hydrogen-bond donors (Lipinski definition) is 1. The monoisotopic (exact) mass is 372 g/mol. The van der Waals surface area contributed by atoms with Gasteiger partial charge in [-0.1, -0.05) is 55.5 Å². The fourth-order valence-corrected chi connectivity index (χ4v) is 3.17. The molecule has 0 amide bonds. The Bertz CT molecular complexity index is 1040. The number of aromatic nitrogens is 3. The fourth-order valence-electron chi connectivity index (χ4n) is 3.17. The van der Waals surface area contributed by atoms with Crippen molar-refractivity contribution in [2.75, 3.05) is 19.7 Å². The third kappa shape index (κ3) is 4.05. The third-order valence-electron chi connectivity index (χ3n) is 4.60. The number of fused-ring (bicyclic) bond motifs is 1. The van der Waals surface area contributed by atoms with Crippen molar-refractivity contribution in [2.45, 2.75) is 13.3 Å². The van der Waals surface area contributed by atoms with E-state index in [4.69, 9.17) is 4.74 Å². The van der Waals surface area contributed by atoms with Crippen LogP contribution in [0.2, 0.25) is 0 Å². The Kier molecular flexibility index (Phi) is 5.64. The van der Waals surface area contributed by atoms with Crippen LogP contribution in [0.15, 0.2) is 72.9 Å². The minimum absolute atomic E-state index is 0.613. The predicted molar refractivity (Wildman–Crippen MR) is 113 cm³/mol. The summed E-state index contributed by atoms with van der Waals surface area (Å²) in [6.07, 6.45) is 2.81. The second-order valence-electron chi connectivity index (χ2n) is 6.59. The zero-order chi connectivity index (χ0) is 19.2. The zero-order valence-electron chi connectivity index (χ0n) is 16.0. The molecule has 2 aromatic heterocycles. The van der Waals surface area contributed by atoms with E-state index in [1.165, 1.54) is 11.1 Å². The summed E-state index contributed by atoms with van der Waals surface area (Å²) >= 11 is 0. The molecule has 0 saturated carbocycles. The van der Waals surface area contributed by atoms with Crippen LogP contribution in [-0.2, 0) is 0 Å². The number of imidazole rings is 1. The van der Waals surface area contributed by atoms with Crippen molar-refractivity contribution in [3.63, 3.8) is 0 Å². The Labute approximate surface area is 165 Å². The predicted octanol–water partition coefficient (Wildman–Crippen LogP) is 4.44. The quantitative estimate of drug-likeness (QED) is 0.465. The molecule has 0 spiro atoms. The number of benzene rings is 2. The van der Waals surface area contributed by atoms with Crippen molar-refractivity contribution < 1.29 is 4.74 Å². The average Bonchev–Trinajstić information content (AvgIpc) is 3.18. The number of ether oxygens (including phenoxy) is 1. The first-order chi connectivity index (χ1) is 13.8. The largest absolute Gasteiger partial charge is 0.477 e. The van der Waals surface area contributed by atoms with Crippen molar-refractivity contribution in [2.24, 2.45) is 0 Å². The Balaban J connectivity index is 1.59. The summed E-state index contributed by atoms with van der Waals surface area (Å²) in [4.78, 5) is 4.49. The lowest BCUT2D eigenvalue weighted by Gasteiger charge is -2.08. The van der Waals surface area contributed by atoms with Gasteiger partial charge in [0.1, 0.15) is 0 Å². The van der Waals surface area contributed by atoms with Crippen LogP contribution in [0, 0.1) is 0 Å². The van der Waals surface area contributed by atoms with Crippen LogP contribution in [0.25, 0.3) is 28.0 Å². The molecule has 0 radical (unpaired) electrons. The average molecular weight is 372 g/mol. The van der Waals surface area contributed by atoms with E-state index in [1.54, 1.807) is 0 Å². The molecule has 142 valence electrons. The topological polar surface area (TPSA) is 51.5 Å². The van der Waals surface area contributed by atoms with Gasteiger partial charge in [-0.2, -0.15) is 0 Å². The van der Waals surface area contributed by atoms with Gasteiger partial charge in [-0.15, -0.1) is 5.10 Å². The Morgan fingerprint density at radius 3 is 2.61 bits per heavy atom. The van der Waals surface area contributed by atoms with Crippen LogP contribution in [-0.4, -0.2) is 34.3 Å². The molecular weight excluding hydrogens is 348 g/mol. The SMILES string of the molecule is CCNCCCOc1ccc2ncc(-c3cccc(-c4ccccc4)c3)n2n1. The number of hydrogen-bond acceptors (Lipinski definition) is 4. The zero-order valence-corrected chi connectivity index (χ0v) is 16.0. The summed E-state index contributed by atoms with van der Waals surface area (Å²) in [6.45, 7) is 4.66. The summed E-state index contributed by atoms with van der Waals surface area (Å²) in [5.74, 6) is 0.613. The first-order valence-corrected chi connectivity index (χ1v) is 9.69. The summed E-state index contributed by atoms with van der Waals surface area (Å²) < 4.78 is 7.67. The molecule has 2 aromatic carbocycles. The molecule has 28 heavy (non-hydrogen) atoms. The molecule has 5 heteroatoms. The Morgan fingerprint density at radius 1 is 0.929 bits per heavy atom. The molecule has 2 heterocycles. The lowest BCUT2D eigenvalue weighted by atomic mass is 10.0. The first kappa shape index (κ1) is 18.2. The van der Waals surface area contributed by atoms with Gasteiger partial charge in [0.25, 0.3) is 0 Å². The van der Waals surface area contributed by atoms with Crippen molar-refractivity contribution in [1.82, 2.24) is 19.9 Å². The van der Waals surface area contributed by atoms with Crippen molar-refractivity contribution >= 4 is 5.65 Å². The maximum absolute atomic E-state index is 5.81. The first-order valence-electron chi connectivity index (χ1n) is 9.69. The van der Waals surface area contributed by atoms with Gasteiger partial charge in [0, 0.05) is 11.6 Å². The smallest absolute Gasteiger partial charge is 0.231 e. The van der Waals surface area contributed by atoms with E-state index in [2.05, 4.69) is 70.9 Å². The maximum Gasteiger partial charge on any atom is 0.231 e. The van der Waals surface area contributed by atoms with Crippen LogP contribution in [0.1, 0.15) is 13.3 Å².